The molecule has 1 rings (SSSR count). The molecule has 1 aromatic carbocycles. The van der Waals surface area contributed by atoms with Crippen LogP contribution in [0.3, 0.4) is 0 Å². The van der Waals surface area contributed by atoms with Crippen molar-refractivity contribution in [1.29, 1.82) is 0 Å². The molecule has 0 saturated carbocycles. The Morgan fingerprint density at radius 3 is 2.53 bits per heavy atom. The zero-order valence-corrected chi connectivity index (χ0v) is 10.6. The van der Waals surface area contributed by atoms with Crippen LogP contribution in [0.4, 0.5) is 0 Å². The quantitative estimate of drug-likeness (QED) is 0.677. The molecule has 0 aliphatic heterocycles. The first kappa shape index (κ1) is 13.5. The summed E-state index contributed by atoms with van der Waals surface area (Å²) in [6, 6.07) is 10.0. The van der Waals surface area contributed by atoms with Crippen molar-refractivity contribution in [3.05, 3.63) is 35.9 Å². The Morgan fingerprint density at radius 2 is 2.00 bits per heavy atom. The van der Waals surface area contributed by atoms with Gasteiger partial charge in [0.1, 0.15) is 5.78 Å². The molecule has 2 unspecified atom stereocenters. The number of benzene rings is 1. The smallest absolute Gasteiger partial charge is 0.141 e. The van der Waals surface area contributed by atoms with E-state index in [1.54, 1.807) is 0 Å². The van der Waals surface area contributed by atoms with Crippen LogP contribution in [0, 0.1) is 18.3 Å². The summed E-state index contributed by atoms with van der Waals surface area (Å²) in [5.74, 6) is 3.17. The fourth-order valence-corrected chi connectivity index (χ4v) is 2.08. The zero-order valence-electron chi connectivity index (χ0n) is 10.6. The van der Waals surface area contributed by atoms with Crippen LogP contribution in [0.15, 0.2) is 30.3 Å². The Kier molecular flexibility index (Phi) is 5.49. The van der Waals surface area contributed by atoms with Crippen molar-refractivity contribution < 1.29 is 4.79 Å². The van der Waals surface area contributed by atoms with Crippen LogP contribution in [-0.4, -0.2) is 5.78 Å². The van der Waals surface area contributed by atoms with Gasteiger partial charge in [0.25, 0.3) is 0 Å². The summed E-state index contributed by atoms with van der Waals surface area (Å²) in [4.78, 5) is 12.2. The molecule has 0 fully saturated rings. The molecule has 2 atom stereocenters. The summed E-state index contributed by atoms with van der Waals surface area (Å²) in [5.41, 5.74) is 1.11. The second-order valence-corrected chi connectivity index (χ2v) is 4.44. The van der Waals surface area contributed by atoms with E-state index in [0.717, 1.165) is 12.0 Å². The van der Waals surface area contributed by atoms with Gasteiger partial charge in [0.15, 0.2) is 0 Å². The van der Waals surface area contributed by atoms with Crippen molar-refractivity contribution >= 4 is 5.78 Å². The Labute approximate surface area is 104 Å². The minimum Gasteiger partial charge on any atom is -0.299 e. The molecule has 0 N–H and O–H groups in total. The molecular weight excluding hydrogens is 208 g/mol. The van der Waals surface area contributed by atoms with E-state index in [4.69, 9.17) is 6.42 Å². The molecule has 0 aliphatic carbocycles. The van der Waals surface area contributed by atoms with Crippen molar-refractivity contribution in [3.8, 4) is 12.3 Å². The summed E-state index contributed by atoms with van der Waals surface area (Å²) in [6.45, 7) is 4.25. The van der Waals surface area contributed by atoms with Crippen molar-refractivity contribution in [2.45, 2.75) is 39.0 Å². The second-order valence-electron chi connectivity index (χ2n) is 4.44. The lowest BCUT2D eigenvalue weighted by atomic mass is 9.81. The average Bonchev–Trinajstić information content (AvgIpc) is 2.37. The largest absolute Gasteiger partial charge is 0.299 e. The Morgan fingerprint density at radius 1 is 1.35 bits per heavy atom. The molecular formula is C16H20O. The SMILES string of the molecule is C#CCCC(=O)C(c1ccccc1)C(C)CC. The number of Topliss-reactive ketones (excluding diaryl/α,β-unsaturated/α-hetero) is 1. The molecule has 1 heteroatoms. The van der Waals surface area contributed by atoms with Crippen LogP contribution in [0.1, 0.15) is 44.6 Å². The maximum atomic E-state index is 12.2. The van der Waals surface area contributed by atoms with Crippen molar-refractivity contribution in [2.75, 3.05) is 0 Å². The fraction of sp³-hybridized carbons (Fsp3) is 0.438. The zero-order chi connectivity index (χ0) is 12.7. The molecule has 17 heavy (non-hydrogen) atoms. The van der Waals surface area contributed by atoms with Gasteiger partial charge in [-0.15, -0.1) is 12.3 Å². The van der Waals surface area contributed by atoms with E-state index in [-0.39, 0.29) is 11.7 Å². The van der Waals surface area contributed by atoms with Crippen molar-refractivity contribution in [1.82, 2.24) is 0 Å². The highest BCUT2D eigenvalue weighted by atomic mass is 16.1. The van der Waals surface area contributed by atoms with Crippen LogP contribution in [0.25, 0.3) is 0 Å². The van der Waals surface area contributed by atoms with Gasteiger partial charge in [-0.25, -0.2) is 0 Å². The van der Waals surface area contributed by atoms with Crippen LogP contribution in [0.2, 0.25) is 0 Å². The molecule has 1 aromatic rings. The minimum absolute atomic E-state index is 0.00505. The number of hydrogen-bond acceptors (Lipinski definition) is 1. The van der Waals surface area contributed by atoms with Crippen molar-refractivity contribution in [3.63, 3.8) is 0 Å². The Hall–Kier alpha value is -1.55. The molecule has 0 bridgehead atoms. The number of carbonyl (C=O) groups excluding carboxylic acids is 1. The van der Waals surface area contributed by atoms with E-state index in [2.05, 4.69) is 19.8 Å². The van der Waals surface area contributed by atoms with Gasteiger partial charge in [0.2, 0.25) is 0 Å². The van der Waals surface area contributed by atoms with Gasteiger partial charge in [0.05, 0.1) is 0 Å². The molecule has 0 heterocycles. The fourth-order valence-electron chi connectivity index (χ4n) is 2.08. The summed E-state index contributed by atoms with van der Waals surface area (Å²) in [7, 11) is 0. The normalized spacial score (nSPS) is 13.7. The maximum absolute atomic E-state index is 12.2. The third kappa shape index (κ3) is 3.75. The lowest BCUT2D eigenvalue weighted by molar-refractivity contribution is -0.121. The highest BCUT2D eigenvalue weighted by Gasteiger charge is 2.24. The van der Waals surface area contributed by atoms with Gasteiger partial charge in [-0.1, -0.05) is 50.6 Å². The van der Waals surface area contributed by atoms with Crippen molar-refractivity contribution in [2.24, 2.45) is 5.92 Å². The van der Waals surface area contributed by atoms with E-state index in [9.17, 15) is 4.79 Å². The molecule has 0 aromatic heterocycles. The van der Waals surface area contributed by atoms with Gasteiger partial charge in [-0.3, -0.25) is 4.79 Å². The molecule has 0 saturated heterocycles. The molecule has 0 amide bonds. The first-order valence-corrected chi connectivity index (χ1v) is 6.21. The van der Waals surface area contributed by atoms with E-state index in [1.807, 2.05) is 30.3 Å². The summed E-state index contributed by atoms with van der Waals surface area (Å²) in [6.07, 6.45) is 7.25. The third-order valence-electron chi connectivity index (χ3n) is 3.23. The molecule has 0 spiro atoms. The third-order valence-corrected chi connectivity index (χ3v) is 3.23. The average molecular weight is 228 g/mol. The number of hydrogen-bond donors (Lipinski definition) is 0. The lowest BCUT2D eigenvalue weighted by Crippen LogP contribution is -2.19. The number of rotatable bonds is 6. The molecule has 0 radical (unpaired) electrons. The monoisotopic (exact) mass is 228 g/mol. The van der Waals surface area contributed by atoms with Crippen LogP contribution in [0.5, 0.6) is 0 Å². The standard InChI is InChI=1S/C16H20O/c1-4-6-12-15(17)16(13(3)5-2)14-10-8-7-9-11-14/h1,7-11,13,16H,5-6,12H2,2-3H3. The highest BCUT2D eigenvalue weighted by Crippen LogP contribution is 2.29. The Balaban J connectivity index is 2.89. The van der Waals surface area contributed by atoms with Gasteiger partial charge in [0, 0.05) is 18.8 Å². The van der Waals surface area contributed by atoms with E-state index in [1.165, 1.54) is 0 Å². The predicted molar refractivity (Wildman–Crippen MR) is 71.7 cm³/mol. The molecule has 0 aliphatic rings. The van der Waals surface area contributed by atoms with E-state index >= 15 is 0 Å². The number of carbonyl (C=O) groups is 1. The van der Waals surface area contributed by atoms with Crippen LogP contribution in [-0.2, 0) is 4.79 Å². The Bertz CT molecular complexity index is 386. The van der Waals surface area contributed by atoms with Crippen LogP contribution >= 0.6 is 0 Å². The lowest BCUT2D eigenvalue weighted by Gasteiger charge is -2.22. The maximum Gasteiger partial charge on any atom is 0.141 e. The van der Waals surface area contributed by atoms with E-state index < -0.39 is 0 Å². The summed E-state index contributed by atoms with van der Waals surface area (Å²) >= 11 is 0. The second kappa shape index (κ2) is 6.91. The predicted octanol–water partition coefficient (Wildman–Crippen LogP) is 3.80. The summed E-state index contributed by atoms with van der Waals surface area (Å²) < 4.78 is 0. The topological polar surface area (TPSA) is 17.1 Å². The number of terminal acetylenes is 1. The highest BCUT2D eigenvalue weighted by molar-refractivity contribution is 5.86. The first-order chi connectivity index (χ1) is 8.20. The van der Waals surface area contributed by atoms with Gasteiger partial charge < -0.3 is 0 Å². The van der Waals surface area contributed by atoms with Gasteiger partial charge in [-0.2, -0.15) is 0 Å². The van der Waals surface area contributed by atoms with Crippen LogP contribution < -0.4 is 0 Å². The molecule has 90 valence electrons. The summed E-state index contributed by atoms with van der Waals surface area (Å²) in [5, 5.41) is 0. The molecule has 1 nitrogen and oxygen atoms in total. The van der Waals surface area contributed by atoms with Gasteiger partial charge in [-0.05, 0) is 11.5 Å². The first-order valence-electron chi connectivity index (χ1n) is 6.21. The van der Waals surface area contributed by atoms with E-state index in [0.29, 0.717) is 18.8 Å². The minimum atomic E-state index is -0.00505. The van der Waals surface area contributed by atoms with Gasteiger partial charge >= 0.3 is 0 Å². The number of ketones is 1.